The first kappa shape index (κ1) is 13.9. The Hall–Kier alpha value is -0.480. The third kappa shape index (κ3) is 3.51. The van der Waals surface area contributed by atoms with Crippen molar-refractivity contribution >= 4 is 0 Å². The maximum Gasteiger partial charge on any atom is 0.110 e. The molecule has 0 aromatic carbocycles. The molecular formula is C6H10O12. The van der Waals surface area contributed by atoms with Crippen molar-refractivity contribution in [2.45, 2.75) is 31.3 Å². The molecule has 12 nitrogen and oxygen atoms in total. The van der Waals surface area contributed by atoms with E-state index >= 15 is 0 Å². The van der Waals surface area contributed by atoms with Gasteiger partial charge in [0.25, 0.3) is 0 Å². The first-order chi connectivity index (χ1) is 8.87. The largest absolute Gasteiger partial charge is 0.219 e. The van der Waals surface area contributed by atoms with Gasteiger partial charge in [0.15, 0.2) is 0 Å². The minimum absolute atomic E-state index is 0.251. The molecule has 2 fully saturated rings. The van der Waals surface area contributed by atoms with Gasteiger partial charge in [0, 0.05) is 0 Å². The predicted molar refractivity (Wildman–Crippen MR) is 39.3 cm³/mol. The third-order valence-electron chi connectivity index (χ3n) is 3.03. The lowest BCUT2D eigenvalue weighted by atomic mass is 9.56. The molecule has 0 unspecified atom stereocenters. The van der Waals surface area contributed by atoms with Gasteiger partial charge in [0.1, 0.15) is 5.60 Å². The van der Waals surface area contributed by atoms with Crippen LogP contribution in [0.15, 0.2) is 0 Å². The van der Waals surface area contributed by atoms with Crippen LogP contribution in [0.3, 0.4) is 0 Å². The zero-order chi connectivity index (χ0) is 12.7. The molecule has 0 spiro atoms. The van der Waals surface area contributed by atoms with E-state index in [1.54, 1.807) is 0 Å². The monoisotopic (exact) mass is 274 g/mol. The maximum absolute atomic E-state index is 7.55. The van der Waals surface area contributed by atoms with E-state index in [-0.39, 0.29) is 5.60 Å². The average Bonchev–Trinajstić information content (AvgIpc) is 2.38. The standard InChI is InChI=1S/C6H10O12/c7-9-11-13-15-17-18-16-14-12-10-8-6-3-1-5(6)2-4-6/h5,7H,1-4H2. The number of hydrogen-bond acceptors (Lipinski definition) is 12. The summed E-state index contributed by atoms with van der Waals surface area (Å²) in [4.78, 5) is 4.98. The van der Waals surface area contributed by atoms with Crippen LogP contribution in [0, 0.1) is 5.92 Å². The summed E-state index contributed by atoms with van der Waals surface area (Å²) < 4.78 is 0. The van der Waals surface area contributed by atoms with Crippen molar-refractivity contribution in [3.05, 3.63) is 0 Å². The zero-order valence-corrected chi connectivity index (χ0v) is 8.84. The smallest absolute Gasteiger partial charge is 0.110 e. The lowest BCUT2D eigenvalue weighted by Crippen LogP contribution is -2.57. The van der Waals surface area contributed by atoms with Crippen molar-refractivity contribution in [2.75, 3.05) is 0 Å². The summed E-state index contributed by atoms with van der Waals surface area (Å²) in [5.41, 5.74) is -0.251. The van der Waals surface area contributed by atoms with Gasteiger partial charge in [-0.3, -0.25) is 0 Å². The van der Waals surface area contributed by atoms with Crippen LogP contribution >= 0.6 is 0 Å². The van der Waals surface area contributed by atoms with E-state index in [0.29, 0.717) is 5.92 Å². The van der Waals surface area contributed by atoms with Crippen LogP contribution in [0.5, 0.6) is 0 Å². The van der Waals surface area contributed by atoms with Gasteiger partial charge in [-0.05, 0) is 82.0 Å². The molecule has 1 N–H and O–H groups in total. The van der Waals surface area contributed by atoms with Gasteiger partial charge < -0.3 is 0 Å². The summed E-state index contributed by atoms with van der Waals surface area (Å²) in [5.74, 6) is 0.515. The number of rotatable bonds is 11. The Bertz CT molecular complexity index is 227. The van der Waals surface area contributed by atoms with E-state index in [1.165, 1.54) is 0 Å². The van der Waals surface area contributed by atoms with Gasteiger partial charge >= 0.3 is 0 Å². The summed E-state index contributed by atoms with van der Waals surface area (Å²) in [5, 5.41) is 43.8. The molecule has 2 saturated carbocycles. The first-order valence-electron chi connectivity index (χ1n) is 4.87. The number of hydrogen-bond donors (Lipinski definition) is 1. The van der Waals surface area contributed by atoms with Gasteiger partial charge in [0.2, 0.25) is 0 Å². The van der Waals surface area contributed by atoms with Crippen molar-refractivity contribution in [2.24, 2.45) is 5.92 Å². The molecule has 0 aromatic heterocycles. The topological polar surface area (TPSA) is 122 Å². The van der Waals surface area contributed by atoms with Gasteiger partial charge in [-0.2, -0.15) is 4.89 Å². The average molecular weight is 274 g/mol. The summed E-state index contributed by atoms with van der Waals surface area (Å²) in [6.07, 6.45) is 4.07. The highest BCUT2D eigenvalue weighted by atomic mass is 18.0. The number of fused-ring (bicyclic) bond motifs is 1. The summed E-state index contributed by atoms with van der Waals surface area (Å²) in [6, 6.07) is 0. The van der Waals surface area contributed by atoms with Crippen molar-refractivity contribution in [3.8, 4) is 0 Å². The Kier molecular flexibility index (Phi) is 5.57. The molecule has 0 aromatic rings. The fourth-order valence-corrected chi connectivity index (χ4v) is 1.94. The molecule has 0 amide bonds. The molecule has 18 heavy (non-hydrogen) atoms. The van der Waals surface area contributed by atoms with Crippen molar-refractivity contribution in [1.29, 1.82) is 0 Å². The van der Waals surface area contributed by atoms with E-state index < -0.39 is 0 Å². The summed E-state index contributed by atoms with van der Waals surface area (Å²) in [6.45, 7) is 0. The van der Waals surface area contributed by atoms with Crippen LogP contribution in [0.4, 0.5) is 0 Å². The second-order valence-electron chi connectivity index (χ2n) is 3.61. The Balaban J connectivity index is 1.32. The molecule has 0 heterocycles. The Morgan fingerprint density at radius 2 is 1.22 bits per heavy atom. The minimum atomic E-state index is -0.251. The fraction of sp³-hybridized carbons (Fsp3) is 1.00. The van der Waals surface area contributed by atoms with Crippen LogP contribution < -0.4 is 0 Å². The Labute approximate surface area is 98.8 Å². The van der Waals surface area contributed by atoms with Gasteiger partial charge in [-0.15, -0.1) is 0 Å². The molecule has 2 rings (SSSR count). The van der Waals surface area contributed by atoms with Crippen molar-refractivity contribution < 1.29 is 60.5 Å². The van der Waals surface area contributed by atoms with Gasteiger partial charge in [-0.1, -0.05) is 0 Å². The lowest BCUT2D eigenvalue weighted by Gasteiger charge is -2.55. The van der Waals surface area contributed by atoms with Crippen molar-refractivity contribution in [1.82, 2.24) is 0 Å². The third-order valence-corrected chi connectivity index (χ3v) is 3.03. The van der Waals surface area contributed by atoms with E-state index in [1.807, 2.05) is 0 Å². The van der Waals surface area contributed by atoms with E-state index in [2.05, 4.69) is 50.4 Å². The molecule has 12 heteroatoms. The van der Waals surface area contributed by atoms with E-state index in [4.69, 9.17) is 10.1 Å². The molecule has 106 valence electrons. The summed E-state index contributed by atoms with van der Waals surface area (Å²) in [7, 11) is 0. The van der Waals surface area contributed by atoms with E-state index in [0.717, 1.165) is 25.7 Å². The molecule has 2 aliphatic carbocycles. The van der Waals surface area contributed by atoms with Crippen LogP contribution in [0.2, 0.25) is 0 Å². The molecule has 2 aliphatic rings. The molecule has 0 aliphatic heterocycles. The van der Waals surface area contributed by atoms with Gasteiger partial charge in [-0.25, -0.2) is 5.26 Å². The summed E-state index contributed by atoms with van der Waals surface area (Å²) >= 11 is 0. The first-order valence-corrected chi connectivity index (χ1v) is 4.87. The van der Waals surface area contributed by atoms with Crippen LogP contribution in [-0.2, 0) is 55.3 Å². The Morgan fingerprint density at radius 3 is 1.61 bits per heavy atom. The molecular weight excluding hydrogens is 264 g/mol. The fourth-order valence-electron chi connectivity index (χ4n) is 1.94. The van der Waals surface area contributed by atoms with Gasteiger partial charge in [0.05, 0.1) is 0 Å². The highest BCUT2D eigenvalue weighted by Crippen LogP contribution is 2.56. The quantitative estimate of drug-likeness (QED) is 0.324. The predicted octanol–water partition coefficient (Wildman–Crippen LogP) is 0.735. The SMILES string of the molecule is OOOOOOOOOOOOC12CCC1CC2. The highest BCUT2D eigenvalue weighted by molar-refractivity contribution is 5.05. The van der Waals surface area contributed by atoms with Crippen LogP contribution in [0.1, 0.15) is 25.7 Å². The second kappa shape index (κ2) is 7.19. The van der Waals surface area contributed by atoms with Crippen LogP contribution in [0.25, 0.3) is 0 Å². The zero-order valence-electron chi connectivity index (χ0n) is 8.84. The Morgan fingerprint density at radius 1 is 0.722 bits per heavy atom. The normalized spacial score (nSPS) is 29.5. The van der Waals surface area contributed by atoms with Crippen molar-refractivity contribution in [3.63, 3.8) is 0 Å². The maximum atomic E-state index is 7.55. The van der Waals surface area contributed by atoms with Crippen LogP contribution in [-0.4, -0.2) is 10.9 Å². The lowest BCUT2D eigenvalue weighted by molar-refractivity contribution is -0.864. The van der Waals surface area contributed by atoms with E-state index in [9.17, 15) is 0 Å². The highest BCUT2D eigenvalue weighted by Gasteiger charge is 2.56. The molecule has 0 radical (unpaired) electrons. The molecule has 0 saturated heterocycles. The second-order valence-corrected chi connectivity index (χ2v) is 3.61. The molecule has 0 atom stereocenters. The minimum Gasteiger partial charge on any atom is -0.219 e. The molecule has 0 bridgehead atoms.